The van der Waals surface area contributed by atoms with Gasteiger partial charge in [-0.15, -0.1) is 0 Å². The van der Waals surface area contributed by atoms with E-state index in [1.165, 1.54) is 38.3 Å². The second-order valence-corrected chi connectivity index (χ2v) is 7.26. The molecule has 2 N–H and O–H groups in total. The molecule has 0 bridgehead atoms. The van der Waals surface area contributed by atoms with Crippen molar-refractivity contribution in [3.05, 3.63) is 89.9 Å². The van der Waals surface area contributed by atoms with Gasteiger partial charge in [-0.25, -0.2) is 9.29 Å². The number of ether oxygens (including phenoxy) is 1. The van der Waals surface area contributed by atoms with E-state index in [1.54, 1.807) is 48.5 Å². The Bertz CT molecular complexity index is 1270. The predicted molar refractivity (Wildman–Crippen MR) is 123 cm³/mol. The number of para-hydroxylation sites is 2. The number of amides is 3. The number of hydrogen-bond acceptors (Lipinski definition) is 5. The molecule has 8 heteroatoms. The highest BCUT2D eigenvalue weighted by Gasteiger charge is 2.40. The molecule has 0 unspecified atom stereocenters. The molecule has 0 aromatic heterocycles. The SMILES string of the molecule is COc1ccccc1NC1=C(c2ccc(NC(C)=O)cc2)C(=O)N(c2ccc(F)cc2)C1=O. The van der Waals surface area contributed by atoms with Crippen molar-refractivity contribution >= 4 is 40.4 Å². The van der Waals surface area contributed by atoms with E-state index in [4.69, 9.17) is 4.74 Å². The number of imide groups is 1. The van der Waals surface area contributed by atoms with Crippen molar-refractivity contribution < 1.29 is 23.5 Å². The van der Waals surface area contributed by atoms with Crippen LogP contribution in [0.5, 0.6) is 5.75 Å². The predicted octanol–water partition coefficient (Wildman–Crippen LogP) is 4.19. The molecular formula is C25H20FN3O4. The van der Waals surface area contributed by atoms with E-state index in [0.29, 0.717) is 22.7 Å². The summed E-state index contributed by atoms with van der Waals surface area (Å²) in [6.45, 7) is 1.39. The molecule has 0 atom stereocenters. The first-order valence-electron chi connectivity index (χ1n) is 10.1. The highest BCUT2D eigenvalue weighted by atomic mass is 19.1. The number of rotatable bonds is 6. The zero-order valence-electron chi connectivity index (χ0n) is 17.9. The third-order valence-electron chi connectivity index (χ3n) is 5.03. The molecule has 1 heterocycles. The smallest absolute Gasteiger partial charge is 0.282 e. The molecule has 0 saturated heterocycles. The van der Waals surface area contributed by atoms with Crippen molar-refractivity contribution in [2.45, 2.75) is 6.92 Å². The highest BCUT2D eigenvalue weighted by molar-refractivity contribution is 6.46. The van der Waals surface area contributed by atoms with Crippen molar-refractivity contribution in [2.24, 2.45) is 0 Å². The minimum Gasteiger partial charge on any atom is -0.495 e. The van der Waals surface area contributed by atoms with E-state index in [-0.39, 0.29) is 22.9 Å². The van der Waals surface area contributed by atoms with E-state index < -0.39 is 17.6 Å². The fourth-order valence-corrected chi connectivity index (χ4v) is 3.54. The molecule has 0 spiro atoms. The Morgan fingerprint density at radius 2 is 1.58 bits per heavy atom. The van der Waals surface area contributed by atoms with E-state index in [1.807, 2.05) is 0 Å². The van der Waals surface area contributed by atoms with E-state index >= 15 is 0 Å². The number of carbonyl (C=O) groups is 3. The van der Waals surface area contributed by atoms with Crippen LogP contribution >= 0.6 is 0 Å². The monoisotopic (exact) mass is 445 g/mol. The summed E-state index contributed by atoms with van der Waals surface area (Å²) in [5.74, 6) is -1.36. The third-order valence-corrected chi connectivity index (χ3v) is 5.03. The summed E-state index contributed by atoms with van der Waals surface area (Å²) < 4.78 is 18.8. The molecule has 166 valence electrons. The number of anilines is 3. The van der Waals surface area contributed by atoms with E-state index in [2.05, 4.69) is 10.6 Å². The fraction of sp³-hybridized carbons (Fsp3) is 0.0800. The Kier molecular flexibility index (Phi) is 5.91. The average molecular weight is 445 g/mol. The molecule has 0 aliphatic carbocycles. The van der Waals surface area contributed by atoms with E-state index in [9.17, 15) is 18.8 Å². The molecule has 0 fully saturated rings. The van der Waals surface area contributed by atoms with Crippen LogP contribution in [0.3, 0.4) is 0 Å². The number of halogens is 1. The largest absolute Gasteiger partial charge is 0.495 e. The number of carbonyl (C=O) groups excluding carboxylic acids is 3. The van der Waals surface area contributed by atoms with Gasteiger partial charge in [0.2, 0.25) is 5.91 Å². The van der Waals surface area contributed by atoms with Crippen LogP contribution in [0.25, 0.3) is 5.57 Å². The molecule has 0 saturated carbocycles. The number of nitrogens with zero attached hydrogens (tertiary/aromatic N) is 1. The molecule has 33 heavy (non-hydrogen) atoms. The summed E-state index contributed by atoms with van der Waals surface area (Å²) in [4.78, 5) is 39.1. The van der Waals surface area contributed by atoms with Crippen molar-refractivity contribution in [1.82, 2.24) is 0 Å². The Morgan fingerprint density at radius 1 is 0.909 bits per heavy atom. The van der Waals surface area contributed by atoms with Crippen LogP contribution in [0, 0.1) is 5.82 Å². The van der Waals surface area contributed by atoms with Crippen LogP contribution in [0.4, 0.5) is 21.5 Å². The molecule has 1 aliphatic rings. The standard InChI is InChI=1S/C25H20FN3O4/c1-15(30)27-18-11-7-16(8-12-18)22-23(28-20-5-3-4-6-21(20)33-2)25(32)29(24(22)31)19-13-9-17(26)10-14-19/h3-14,28H,1-2H3,(H,27,30). The van der Waals surface area contributed by atoms with Crippen LogP contribution in [0.1, 0.15) is 12.5 Å². The van der Waals surface area contributed by atoms with Crippen LogP contribution in [0.15, 0.2) is 78.5 Å². The van der Waals surface area contributed by atoms with Gasteiger partial charge in [0, 0.05) is 12.6 Å². The topological polar surface area (TPSA) is 87.7 Å². The first kappa shape index (κ1) is 21.8. The van der Waals surface area contributed by atoms with Crippen LogP contribution in [0.2, 0.25) is 0 Å². The Labute approximate surface area is 189 Å². The number of nitrogens with one attached hydrogen (secondary N) is 2. The normalized spacial score (nSPS) is 13.4. The summed E-state index contributed by atoms with van der Waals surface area (Å²) in [5, 5.41) is 5.71. The lowest BCUT2D eigenvalue weighted by Crippen LogP contribution is -2.32. The van der Waals surface area contributed by atoms with Gasteiger partial charge in [0.1, 0.15) is 17.3 Å². The van der Waals surface area contributed by atoms with Gasteiger partial charge in [0.25, 0.3) is 11.8 Å². The number of benzene rings is 3. The molecule has 3 aromatic carbocycles. The van der Waals surface area contributed by atoms with Crippen molar-refractivity contribution in [1.29, 1.82) is 0 Å². The zero-order valence-corrected chi connectivity index (χ0v) is 17.9. The van der Waals surface area contributed by atoms with Crippen molar-refractivity contribution in [2.75, 3.05) is 22.6 Å². The minimum absolute atomic E-state index is 0.0566. The fourth-order valence-electron chi connectivity index (χ4n) is 3.54. The molecule has 3 amide bonds. The Balaban J connectivity index is 1.80. The molecular weight excluding hydrogens is 425 g/mol. The van der Waals surface area contributed by atoms with Gasteiger partial charge in [-0.1, -0.05) is 24.3 Å². The molecule has 4 rings (SSSR count). The summed E-state index contributed by atoms with van der Waals surface area (Å²) in [6.07, 6.45) is 0. The molecule has 7 nitrogen and oxygen atoms in total. The average Bonchev–Trinajstić information content (AvgIpc) is 3.04. The van der Waals surface area contributed by atoms with Crippen molar-refractivity contribution in [3.63, 3.8) is 0 Å². The van der Waals surface area contributed by atoms with Crippen LogP contribution in [-0.2, 0) is 14.4 Å². The second kappa shape index (κ2) is 8.96. The third kappa shape index (κ3) is 4.31. The lowest BCUT2D eigenvalue weighted by molar-refractivity contribution is -0.120. The first-order valence-corrected chi connectivity index (χ1v) is 10.1. The maximum absolute atomic E-state index is 13.4. The van der Waals surface area contributed by atoms with E-state index in [0.717, 1.165) is 4.90 Å². The van der Waals surface area contributed by atoms with Gasteiger partial charge in [-0.05, 0) is 54.1 Å². The summed E-state index contributed by atoms with van der Waals surface area (Å²) in [7, 11) is 1.50. The maximum Gasteiger partial charge on any atom is 0.282 e. The molecule has 3 aromatic rings. The Hall–Kier alpha value is -4.46. The van der Waals surface area contributed by atoms with Gasteiger partial charge < -0.3 is 15.4 Å². The van der Waals surface area contributed by atoms with Crippen LogP contribution < -0.4 is 20.3 Å². The van der Waals surface area contributed by atoms with Gasteiger partial charge >= 0.3 is 0 Å². The lowest BCUT2D eigenvalue weighted by atomic mass is 10.0. The Morgan fingerprint density at radius 3 is 2.21 bits per heavy atom. The molecule has 0 radical (unpaired) electrons. The van der Waals surface area contributed by atoms with Gasteiger partial charge in [0.15, 0.2) is 0 Å². The van der Waals surface area contributed by atoms with Gasteiger partial charge in [-0.3, -0.25) is 14.4 Å². The summed E-state index contributed by atoms with van der Waals surface area (Å²) in [6, 6.07) is 18.7. The maximum atomic E-state index is 13.4. The second-order valence-electron chi connectivity index (χ2n) is 7.26. The van der Waals surface area contributed by atoms with Crippen LogP contribution in [-0.4, -0.2) is 24.8 Å². The lowest BCUT2D eigenvalue weighted by Gasteiger charge is -2.16. The number of methoxy groups -OCH3 is 1. The summed E-state index contributed by atoms with van der Waals surface area (Å²) in [5.41, 5.74) is 1.98. The highest BCUT2D eigenvalue weighted by Crippen LogP contribution is 2.36. The minimum atomic E-state index is -0.585. The van der Waals surface area contributed by atoms with Gasteiger partial charge in [0.05, 0.1) is 24.1 Å². The number of hydrogen-bond donors (Lipinski definition) is 2. The quantitative estimate of drug-likeness (QED) is 0.556. The first-order chi connectivity index (χ1) is 15.9. The van der Waals surface area contributed by atoms with Crippen molar-refractivity contribution in [3.8, 4) is 5.75 Å². The summed E-state index contributed by atoms with van der Waals surface area (Å²) >= 11 is 0. The zero-order chi connectivity index (χ0) is 23.5. The van der Waals surface area contributed by atoms with Gasteiger partial charge in [-0.2, -0.15) is 0 Å². The molecule has 1 aliphatic heterocycles.